The summed E-state index contributed by atoms with van der Waals surface area (Å²) in [4.78, 5) is 5.86. The highest BCUT2D eigenvalue weighted by Gasteiger charge is 2.27. The normalized spacial score (nSPS) is 29.5. The summed E-state index contributed by atoms with van der Waals surface area (Å²) in [5.41, 5.74) is 4.77. The SMILES string of the molecule is C[C@H]1CC(NOC2CCCC2)c2ccsc2S1. The van der Waals surface area contributed by atoms with Crippen molar-refractivity contribution in [1.82, 2.24) is 5.48 Å². The highest BCUT2D eigenvalue weighted by atomic mass is 32.2. The molecular weight excluding hydrogens is 250 g/mol. The van der Waals surface area contributed by atoms with E-state index in [-0.39, 0.29) is 0 Å². The van der Waals surface area contributed by atoms with E-state index in [0.717, 1.165) is 0 Å². The largest absolute Gasteiger partial charge is 0.298 e. The molecule has 1 fully saturated rings. The topological polar surface area (TPSA) is 21.3 Å². The standard InChI is InChI=1S/C13H19NOS2/c1-9-8-12(11-6-7-16-13(11)17-9)14-15-10-4-2-3-5-10/h6-7,9-10,12,14H,2-5,8H2,1H3/t9-,12?/m0/s1. The van der Waals surface area contributed by atoms with E-state index in [1.165, 1.54) is 41.9 Å². The second-order valence-corrected chi connectivity index (χ2v) is 7.65. The second kappa shape index (κ2) is 5.31. The first kappa shape index (κ1) is 12.0. The van der Waals surface area contributed by atoms with Crippen molar-refractivity contribution in [3.05, 3.63) is 17.0 Å². The number of thiophene rings is 1. The lowest BCUT2D eigenvalue weighted by Gasteiger charge is -2.28. The van der Waals surface area contributed by atoms with Crippen LogP contribution in [0.3, 0.4) is 0 Å². The van der Waals surface area contributed by atoms with Crippen LogP contribution < -0.4 is 5.48 Å². The van der Waals surface area contributed by atoms with Crippen LogP contribution >= 0.6 is 23.1 Å². The van der Waals surface area contributed by atoms with Gasteiger partial charge in [-0.1, -0.05) is 19.8 Å². The third-order valence-electron chi connectivity index (χ3n) is 3.59. The Bertz CT molecular complexity index is 373. The Morgan fingerprint density at radius 3 is 3.00 bits per heavy atom. The van der Waals surface area contributed by atoms with Crippen molar-refractivity contribution in [3.63, 3.8) is 0 Å². The first-order valence-corrected chi connectivity index (χ1v) is 8.24. The summed E-state index contributed by atoms with van der Waals surface area (Å²) < 4.78 is 1.47. The molecular formula is C13H19NOS2. The van der Waals surface area contributed by atoms with Crippen LogP contribution in [0.4, 0.5) is 0 Å². The molecule has 0 bridgehead atoms. The number of hydroxylamine groups is 1. The third kappa shape index (κ3) is 2.70. The maximum Gasteiger partial charge on any atom is 0.0790 e. The zero-order valence-electron chi connectivity index (χ0n) is 10.1. The van der Waals surface area contributed by atoms with E-state index < -0.39 is 0 Å². The number of hydrogen-bond acceptors (Lipinski definition) is 4. The number of nitrogens with one attached hydrogen (secondary N) is 1. The lowest BCUT2D eigenvalue weighted by atomic mass is 10.1. The van der Waals surface area contributed by atoms with Crippen LogP contribution in [-0.2, 0) is 4.84 Å². The van der Waals surface area contributed by atoms with Crippen LogP contribution in [-0.4, -0.2) is 11.4 Å². The van der Waals surface area contributed by atoms with Crippen molar-refractivity contribution in [2.24, 2.45) is 0 Å². The number of fused-ring (bicyclic) bond motifs is 1. The average molecular weight is 269 g/mol. The van der Waals surface area contributed by atoms with E-state index in [1.807, 2.05) is 23.1 Å². The molecule has 1 N–H and O–H groups in total. The molecule has 1 aromatic rings. The van der Waals surface area contributed by atoms with Gasteiger partial charge in [-0.2, -0.15) is 5.48 Å². The van der Waals surface area contributed by atoms with Gasteiger partial charge in [0.2, 0.25) is 0 Å². The Morgan fingerprint density at radius 1 is 1.35 bits per heavy atom. The van der Waals surface area contributed by atoms with Crippen LogP contribution in [0.2, 0.25) is 0 Å². The minimum atomic E-state index is 0.396. The van der Waals surface area contributed by atoms with Crippen molar-refractivity contribution < 1.29 is 4.84 Å². The summed E-state index contributed by atoms with van der Waals surface area (Å²) >= 11 is 3.86. The third-order valence-corrected chi connectivity index (χ3v) is 5.93. The monoisotopic (exact) mass is 269 g/mol. The lowest BCUT2D eigenvalue weighted by molar-refractivity contribution is -0.0428. The molecule has 2 aliphatic rings. The molecule has 0 spiro atoms. The zero-order chi connectivity index (χ0) is 11.7. The molecule has 94 valence electrons. The van der Waals surface area contributed by atoms with Crippen LogP contribution in [0.1, 0.15) is 50.6 Å². The zero-order valence-corrected chi connectivity index (χ0v) is 11.8. The highest BCUT2D eigenvalue weighted by Crippen LogP contribution is 2.43. The fraction of sp³-hybridized carbons (Fsp3) is 0.692. The molecule has 2 nitrogen and oxygen atoms in total. The van der Waals surface area contributed by atoms with Gasteiger partial charge in [-0.25, -0.2) is 0 Å². The predicted octanol–water partition coefficient (Wildman–Crippen LogP) is 4.14. The van der Waals surface area contributed by atoms with Crippen LogP contribution in [0, 0.1) is 0 Å². The molecule has 0 radical (unpaired) electrons. The van der Waals surface area contributed by atoms with Crippen molar-refractivity contribution in [1.29, 1.82) is 0 Å². The van der Waals surface area contributed by atoms with Gasteiger partial charge < -0.3 is 0 Å². The predicted molar refractivity (Wildman–Crippen MR) is 73.5 cm³/mol. The van der Waals surface area contributed by atoms with Crippen molar-refractivity contribution in [2.45, 2.75) is 60.6 Å². The molecule has 2 heterocycles. The Kier molecular flexibility index (Phi) is 3.75. The van der Waals surface area contributed by atoms with Gasteiger partial charge in [0, 0.05) is 5.25 Å². The van der Waals surface area contributed by atoms with Gasteiger partial charge in [-0.15, -0.1) is 23.1 Å². The lowest BCUT2D eigenvalue weighted by Crippen LogP contribution is -2.29. The van der Waals surface area contributed by atoms with Crippen LogP contribution in [0.5, 0.6) is 0 Å². The quantitative estimate of drug-likeness (QED) is 0.833. The van der Waals surface area contributed by atoms with Gasteiger partial charge in [0.1, 0.15) is 0 Å². The first-order valence-electron chi connectivity index (χ1n) is 6.48. The van der Waals surface area contributed by atoms with Gasteiger partial charge in [0.25, 0.3) is 0 Å². The Hall–Kier alpha value is -0.0300. The molecule has 1 saturated carbocycles. The Morgan fingerprint density at radius 2 is 2.18 bits per heavy atom. The summed E-state index contributed by atoms with van der Waals surface area (Å²) in [6, 6.07) is 2.64. The summed E-state index contributed by atoms with van der Waals surface area (Å²) in [6.45, 7) is 2.30. The molecule has 1 aliphatic heterocycles. The maximum atomic E-state index is 5.86. The molecule has 4 heteroatoms. The Labute approximate surface area is 111 Å². The molecule has 17 heavy (non-hydrogen) atoms. The molecule has 3 rings (SSSR count). The molecule has 0 saturated heterocycles. The minimum absolute atomic E-state index is 0.396. The highest BCUT2D eigenvalue weighted by molar-refractivity contribution is 8.01. The fourth-order valence-electron chi connectivity index (χ4n) is 2.65. The minimum Gasteiger partial charge on any atom is -0.298 e. The maximum absolute atomic E-state index is 5.86. The summed E-state index contributed by atoms with van der Waals surface area (Å²) in [6.07, 6.45) is 6.71. The van der Waals surface area contributed by atoms with Crippen molar-refractivity contribution in [2.75, 3.05) is 0 Å². The van der Waals surface area contributed by atoms with Gasteiger partial charge >= 0.3 is 0 Å². The smallest absolute Gasteiger partial charge is 0.0790 e. The molecule has 1 aromatic heterocycles. The van der Waals surface area contributed by atoms with Crippen LogP contribution in [0.25, 0.3) is 0 Å². The van der Waals surface area contributed by atoms with Crippen molar-refractivity contribution in [3.8, 4) is 0 Å². The number of thioether (sulfide) groups is 1. The molecule has 0 aromatic carbocycles. The van der Waals surface area contributed by atoms with Gasteiger partial charge in [-0.05, 0) is 36.3 Å². The van der Waals surface area contributed by atoms with E-state index in [1.54, 1.807) is 0 Å². The van der Waals surface area contributed by atoms with Crippen LogP contribution in [0.15, 0.2) is 15.7 Å². The average Bonchev–Trinajstić information content (AvgIpc) is 2.95. The van der Waals surface area contributed by atoms with E-state index in [0.29, 0.717) is 17.4 Å². The molecule has 1 aliphatic carbocycles. The second-order valence-electron chi connectivity index (χ2n) is 5.02. The molecule has 2 atom stereocenters. The summed E-state index contributed by atoms with van der Waals surface area (Å²) in [7, 11) is 0. The van der Waals surface area contributed by atoms with E-state index in [9.17, 15) is 0 Å². The summed E-state index contributed by atoms with van der Waals surface area (Å²) in [5.74, 6) is 0. The molecule has 0 amide bonds. The van der Waals surface area contributed by atoms with E-state index in [2.05, 4.69) is 23.9 Å². The number of hydrogen-bond donors (Lipinski definition) is 1. The van der Waals surface area contributed by atoms with Crippen molar-refractivity contribution >= 4 is 23.1 Å². The van der Waals surface area contributed by atoms with Gasteiger partial charge in [0.15, 0.2) is 0 Å². The van der Waals surface area contributed by atoms with E-state index >= 15 is 0 Å². The summed E-state index contributed by atoms with van der Waals surface area (Å²) in [5, 5.41) is 2.88. The fourth-order valence-corrected chi connectivity index (χ4v) is 5.21. The van der Waals surface area contributed by atoms with Gasteiger partial charge in [-0.3, -0.25) is 4.84 Å². The van der Waals surface area contributed by atoms with E-state index in [4.69, 9.17) is 4.84 Å². The van der Waals surface area contributed by atoms with Gasteiger partial charge in [0.05, 0.1) is 16.4 Å². The molecule has 1 unspecified atom stereocenters. The first-order chi connectivity index (χ1) is 8.33. The Balaban J connectivity index is 1.63. The number of rotatable bonds is 3.